The van der Waals surface area contributed by atoms with E-state index in [4.69, 9.17) is 0 Å². The minimum atomic E-state index is -0.514. The van der Waals surface area contributed by atoms with E-state index in [1.165, 1.54) is 18.2 Å². The fourth-order valence-corrected chi connectivity index (χ4v) is 2.32. The van der Waals surface area contributed by atoms with Crippen LogP contribution in [0.5, 0.6) is 5.75 Å². The SMILES string of the molecule is O=Cc1cc(C(=O)N[C@@H]2CCCC[C@H]2O)ccc1O. The lowest BCUT2D eigenvalue weighted by Crippen LogP contribution is -2.45. The first-order valence-electron chi connectivity index (χ1n) is 6.39. The Balaban J connectivity index is 2.09. The maximum absolute atomic E-state index is 12.0. The normalized spacial score (nSPS) is 22.8. The molecule has 1 aliphatic carbocycles. The van der Waals surface area contributed by atoms with Crippen molar-refractivity contribution in [2.45, 2.75) is 37.8 Å². The Hall–Kier alpha value is -1.88. The van der Waals surface area contributed by atoms with Crippen molar-refractivity contribution in [1.82, 2.24) is 5.32 Å². The van der Waals surface area contributed by atoms with Crippen LogP contribution in [0.4, 0.5) is 0 Å². The molecule has 0 saturated heterocycles. The van der Waals surface area contributed by atoms with Crippen LogP contribution >= 0.6 is 0 Å². The van der Waals surface area contributed by atoms with E-state index in [1.807, 2.05) is 0 Å². The van der Waals surface area contributed by atoms with E-state index in [-0.39, 0.29) is 23.3 Å². The third-order valence-corrected chi connectivity index (χ3v) is 3.46. The molecule has 5 nitrogen and oxygen atoms in total. The molecular formula is C14H17NO4. The first-order valence-corrected chi connectivity index (χ1v) is 6.39. The van der Waals surface area contributed by atoms with Crippen molar-refractivity contribution in [3.05, 3.63) is 29.3 Å². The van der Waals surface area contributed by atoms with Crippen molar-refractivity contribution in [2.75, 3.05) is 0 Å². The van der Waals surface area contributed by atoms with Gasteiger partial charge < -0.3 is 15.5 Å². The van der Waals surface area contributed by atoms with E-state index in [2.05, 4.69) is 5.32 Å². The second-order valence-electron chi connectivity index (χ2n) is 4.82. The molecule has 0 unspecified atom stereocenters. The molecule has 0 spiro atoms. The Kier molecular flexibility index (Phi) is 4.16. The minimum absolute atomic E-state index is 0.0804. The molecule has 1 fully saturated rings. The van der Waals surface area contributed by atoms with Gasteiger partial charge in [0, 0.05) is 5.56 Å². The molecule has 3 N–H and O–H groups in total. The lowest BCUT2D eigenvalue weighted by Gasteiger charge is -2.28. The van der Waals surface area contributed by atoms with Gasteiger partial charge in [-0.15, -0.1) is 0 Å². The molecule has 0 bridgehead atoms. The van der Waals surface area contributed by atoms with Crippen LogP contribution in [0, 0.1) is 0 Å². The number of nitrogens with one attached hydrogen (secondary N) is 1. The number of phenolic OH excluding ortho intramolecular Hbond substituents is 1. The number of carbonyl (C=O) groups is 2. The zero-order chi connectivity index (χ0) is 13.8. The second kappa shape index (κ2) is 5.84. The summed E-state index contributed by atoms with van der Waals surface area (Å²) in [4.78, 5) is 22.7. The molecule has 2 atom stereocenters. The number of aliphatic hydroxyl groups excluding tert-OH is 1. The van der Waals surface area contributed by atoms with Gasteiger partial charge in [0.2, 0.25) is 0 Å². The highest BCUT2D eigenvalue weighted by Gasteiger charge is 2.24. The van der Waals surface area contributed by atoms with Gasteiger partial charge in [-0.25, -0.2) is 0 Å². The predicted octanol–water partition coefficient (Wildman–Crippen LogP) is 1.24. The quantitative estimate of drug-likeness (QED) is 0.716. The van der Waals surface area contributed by atoms with Gasteiger partial charge in [0.25, 0.3) is 5.91 Å². The predicted molar refractivity (Wildman–Crippen MR) is 69.2 cm³/mol. The summed E-state index contributed by atoms with van der Waals surface area (Å²) in [5, 5.41) is 21.9. The number of hydrogen-bond donors (Lipinski definition) is 3. The maximum atomic E-state index is 12.0. The lowest BCUT2D eigenvalue weighted by atomic mass is 9.92. The van der Waals surface area contributed by atoms with Gasteiger partial charge in [0.1, 0.15) is 5.75 Å². The highest BCUT2D eigenvalue weighted by molar-refractivity contribution is 5.96. The highest BCUT2D eigenvalue weighted by atomic mass is 16.3. The summed E-state index contributed by atoms with van der Waals surface area (Å²) in [6.07, 6.45) is 3.40. The summed E-state index contributed by atoms with van der Waals surface area (Å²) < 4.78 is 0. The summed E-state index contributed by atoms with van der Waals surface area (Å²) in [6, 6.07) is 3.87. The van der Waals surface area contributed by atoms with Gasteiger partial charge in [-0.1, -0.05) is 12.8 Å². The van der Waals surface area contributed by atoms with Crippen molar-refractivity contribution < 1.29 is 19.8 Å². The van der Waals surface area contributed by atoms with Gasteiger partial charge in [0.05, 0.1) is 17.7 Å². The van der Waals surface area contributed by atoms with Crippen LogP contribution in [0.1, 0.15) is 46.4 Å². The van der Waals surface area contributed by atoms with Crippen LogP contribution in [0.25, 0.3) is 0 Å². The summed E-state index contributed by atoms with van der Waals surface area (Å²) in [5.74, 6) is -0.488. The van der Waals surface area contributed by atoms with Crippen LogP contribution in [0.15, 0.2) is 18.2 Å². The number of phenols is 1. The van der Waals surface area contributed by atoms with Crippen LogP contribution in [-0.4, -0.2) is 34.6 Å². The van der Waals surface area contributed by atoms with E-state index in [0.717, 1.165) is 19.3 Å². The molecule has 1 aromatic rings. The molecule has 5 heteroatoms. The van der Waals surface area contributed by atoms with E-state index < -0.39 is 6.10 Å². The summed E-state index contributed by atoms with van der Waals surface area (Å²) in [7, 11) is 0. The first kappa shape index (κ1) is 13.5. The van der Waals surface area contributed by atoms with Crippen LogP contribution in [-0.2, 0) is 0 Å². The molecule has 0 heterocycles. The Labute approximate surface area is 111 Å². The molecule has 102 valence electrons. The Morgan fingerprint density at radius 2 is 2.05 bits per heavy atom. The monoisotopic (exact) mass is 263 g/mol. The van der Waals surface area contributed by atoms with E-state index in [9.17, 15) is 19.8 Å². The average molecular weight is 263 g/mol. The van der Waals surface area contributed by atoms with Crippen LogP contribution < -0.4 is 5.32 Å². The van der Waals surface area contributed by atoms with Crippen molar-refractivity contribution in [2.24, 2.45) is 0 Å². The van der Waals surface area contributed by atoms with Crippen molar-refractivity contribution in [3.8, 4) is 5.75 Å². The Morgan fingerprint density at radius 3 is 2.74 bits per heavy atom. The third kappa shape index (κ3) is 3.12. The van der Waals surface area contributed by atoms with Crippen molar-refractivity contribution >= 4 is 12.2 Å². The van der Waals surface area contributed by atoms with Gasteiger partial charge >= 0.3 is 0 Å². The molecule has 19 heavy (non-hydrogen) atoms. The van der Waals surface area contributed by atoms with Crippen LogP contribution in [0.2, 0.25) is 0 Å². The fourth-order valence-electron chi connectivity index (χ4n) is 2.32. The van der Waals surface area contributed by atoms with E-state index >= 15 is 0 Å². The second-order valence-corrected chi connectivity index (χ2v) is 4.82. The molecule has 2 rings (SSSR count). The number of benzene rings is 1. The Morgan fingerprint density at radius 1 is 1.32 bits per heavy atom. The smallest absolute Gasteiger partial charge is 0.251 e. The van der Waals surface area contributed by atoms with Gasteiger partial charge in [-0.05, 0) is 31.0 Å². The number of carbonyl (C=O) groups excluding carboxylic acids is 2. The topological polar surface area (TPSA) is 86.6 Å². The summed E-state index contributed by atoms with van der Waals surface area (Å²) >= 11 is 0. The van der Waals surface area contributed by atoms with Crippen molar-refractivity contribution in [1.29, 1.82) is 0 Å². The number of aromatic hydroxyl groups is 1. The number of amides is 1. The molecule has 0 aliphatic heterocycles. The standard InChI is InChI=1S/C14H17NO4/c16-8-10-7-9(5-6-12(10)17)14(19)15-11-3-1-2-4-13(11)18/h5-8,11,13,17-18H,1-4H2,(H,15,19)/t11-,13-/m1/s1. The molecule has 1 saturated carbocycles. The van der Waals surface area contributed by atoms with Crippen molar-refractivity contribution in [3.63, 3.8) is 0 Å². The van der Waals surface area contributed by atoms with Gasteiger partial charge in [-0.3, -0.25) is 9.59 Å². The van der Waals surface area contributed by atoms with Gasteiger partial charge in [0.15, 0.2) is 6.29 Å². The van der Waals surface area contributed by atoms with Gasteiger partial charge in [-0.2, -0.15) is 0 Å². The zero-order valence-electron chi connectivity index (χ0n) is 10.5. The number of aliphatic hydroxyl groups is 1. The molecule has 0 aromatic heterocycles. The molecule has 1 aliphatic rings. The maximum Gasteiger partial charge on any atom is 0.251 e. The largest absolute Gasteiger partial charge is 0.507 e. The summed E-state index contributed by atoms with van der Waals surface area (Å²) in [5.41, 5.74) is 0.384. The van der Waals surface area contributed by atoms with E-state index in [1.54, 1.807) is 0 Å². The summed E-state index contributed by atoms with van der Waals surface area (Å²) in [6.45, 7) is 0. The number of hydrogen-bond acceptors (Lipinski definition) is 4. The van der Waals surface area contributed by atoms with Crippen LogP contribution in [0.3, 0.4) is 0 Å². The number of aldehydes is 1. The average Bonchev–Trinajstić information content (AvgIpc) is 2.42. The molecule has 0 radical (unpaired) electrons. The molecule has 1 amide bonds. The number of rotatable bonds is 3. The fraction of sp³-hybridized carbons (Fsp3) is 0.429. The zero-order valence-corrected chi connectivity index (χ0v) is 10.5. The molecular weight excluding hydrogens is 246 g/mol. The highest BCUT2D eigenvalue weighted by Crippen LogP contribution is 2.20. The third-order valence-electron chi connectivity index (χ3n) is 3.46. The Bertz CT molecular complexity index is 486. The minimum Gasteiger partial charge on any atom is -0.507 e. The lowest BCUT2D eigenvalue weighted by molar-refractivity contribution is 0.0717. The first-order chi connectivity index (χ1) is 9.11. The molecule has 1 aromatic carbocycles. The van der Waals surface area contributed by atoms with E-state index in [0.29, 0.717) is 18.3 Å².